The molecule has 4 heterocycles. The van der Waals surface area contributed by atoms with Crippen LogP contribution in [0.3, 0.4) is 0 Å². The number of fused-ring (bicyclic) bond motifs is 11. The number of aryl methyl sites for hydroxylation is 2. The van der Waals surface area contributed by atoms with E-state index in [1.807, 2.05) is 53.2 Å². The summed E-state index contributed by atoms with van der Waals surface area (Å²) in [5, 5.41) is 2.08. The largest absolute Gasteiger partial charge is 0.510 e. The number of ether oxygens (including phenoxy) is 1. The topological polar surface area (TPSA) is 35.9 Å². The molecule has 0 saturated carbocycles. The van der Waals surface area contributed by atoms with Crippen LogP contribution in [0.2, 0.25) is 0 Å². The van der Waals surface area contributed by atoms with Crippen LogP contribution < -0.4 is 9.30 Å². The standard InChI is InChI=1S/C82H78N4O.Pt/c1-50-23-20-24-51(2)75(50)53-41-68-62-28-17-16-27-61(62)66-47-69-70(82(14,15)37-36-81(69,12)13)48-67(66)65-31-22-30-60(52-39-55(79(6,7)8)43-56(40-52)80(9,10)11)76(65)85-49-84(73(42-53)77(68)85)57-25-21-26-58(45-57)87-59-33-34-64-63-29-18-19-32-71(63)86(72(64)46-59)74-44-54(35-38-83-74)78(3,4)5;/h16-35,38-44,47-48H,36-37H2,1-15H3;/q-2;/i1D3,2D3;. The Bertz CT molecular complexity index is 4990. The molecule has 0 radical (unpaired) electrons. The van der Waals surface area contributed by atoms with Crippen molar-refractivity contribution in [3.05, 3.63) is 233 Å². The Morgan fingerprint density at radius 1 is 0.511 bits per heavy atom. The third-order valence-corrected chi connectivity index (χ3v) is 18.7. The number of pyridine rings is 1. The third-order valence-electron chi connectivity index (χ3n) is 18.7. The van der Waals surface area contributed by atoms with Crippen LogP contribution in [0.15, 0.2) is 176 Å². The summed E-state index contributed by atoms with van der Waals surface area (Å²) in [7, 11) is 0. The number of benzene rings is 9. The molecular formula is C82H78N4OPt-2. The summed E-state index contributed by atoms with van der Waals surface area (Å²) in [6.45, 7) is 24.4. The predicted octanol–water partition coefficient (Wildman–Crippen LogP) is 21.1. The molecule has 1 aliphatic heterocycles. The normalized spacial score (nSPS) is 15.6. The molecule has 0 fully saturated rings. The molecular weight excluding hydrogens is 1250 g/mol. The smallest absolute Gasteiger partial charge is 0.268 e. The van der Waals surface area contributed by atoms with Crippen LogP contribution >= 0.6 is 0 Å². The summed E-state index contributed by atoms with van der Waals surface area (Å²) >= 11 is 0. The van der Waals surface area contributed by atoms with Gasteiger partial charge >= 0.3 is 0 Å². The molecule has 0 bridgehead atoms. The first-order chi connectivity index (χ1) is 43.7. The number of hydrogen-bond donors (Lipinski definition) is 0. The minimum atomic E-state index is -2.68. The first-order valence-corrected chi connectivity index (χ1v) is 30.6. The molecule has 5 nitrogen and oxygen atoms in total. The van der Waals surface area contributed by atoms with Crippen LogP contribution in [0, 0.1) is 32.2 Å². The van der Waals surface area contributed by atoms with Gasteiger partial charge in [0.1, 0.15) is 5.82 Å². The van der Waals surface area contributed by atoms with Gasteiger partial charge in [0, 0.05) is 52.5 Å². The van der Waals surface area contributed by atoms with Gasteiger partial charge in [0.15, 0.2) is 0 Å². The molecule has 2 aliphatic rings. The Kier molecular flexibility index (Phi) is 12.4. The molecule has 0 atom stereocenters. The first kappa shape index (κ1) is 51.9. The SMILES string of the molecule is [2H]C([2H])([2H])c1cccc(C([2H])([2H])[2H])c1-c1cc2c3c(c1)n(-c1[c-]c(Oc4[c-]c5c(cc4)c4ccccc4n5-c4cc(C(C)(C)C)ccn4)ccc1)[c-][n+]3-c1c(-c3cc(C(C)(C)C)cc(C(C)(C)C)c3)cccc1-c1cc3c(cc1-c1ccccc1-2)C(C)(C)CCC3(C)C.[Pt]. The van der Waals surface area contributed by atoms with Crippen molar-refractivity contribution in [3.8, 4) is 84.3 Å². The monoisotopic (exact) mass is 1340 g/mol. The van der Waals surface area contributed by atoms with E-state index >= 15 is 0 Å². The van der Waals surface area contributed by atoms with Gasteiger partial charge in [-0.3, -0.25) is 4.57 Å². The third kappa shape index (κ3) is 9.88. The summed E-state index contributed by atoms with van der Waals surface area (Å²) in [6, 6.07) is 65.5. The van der Waals surface area contributed by atoms with Crippen LogP contribution in [-0.2, 0) is 48.1 Å². The molecule has 0 N–H and O–H groups in total. The zero-order valence-electron chi connectivity index (χ0n) is 58.7. The van der Waals surface area contributed by atoms with Crippen LogP contribution in [0.25, 0.3) is 106 Å². The van der Waals surface area contributed by atoms with E-state index in [0.717, 1.165) is 102 Å². The molecule has 14 rings (SSSR count). The first-order valence-electron chi connectivity index (χ1n) is 33.6. The van der Waals surface area contributed by atoms with Crippen molar-refractivity contribution in [3.63, 3.8) is 0 Å². The predicted molar refractivity (Wildman–Crippen MR) is 362 cm³/mol. The van der Waals surface area contributed by atoms with Crippen molar-refractivity contribution in [2.24, 2.45) is 0 Å². The molecule has 0 saturated heterocycles. The summed E-state index contributed by atoms with van der Waals surface area (Å²) in [4.78, 5) is 4.92. The second-order valence-electron chi connectivity index (χ2n) is 28.7. The van der Waals surface area contributed by atoms with E-state index < -0.39 is 13.7 Å². The van der Waals surface area contributed by atoms with Crippen molar-refractivity contribution in [2.45, 2.75) is 144 Å². The number of para-hydroxylation sites is 2. The zero-order chi connectivity index (χ0) is 65.9. The summed E-state index contributed by atoms with van der Waals surface area (Å²) in [6.07, 6.45) is 7.93. The van der Waals surface area contributed by atoms with E-state index in [1.165, 1.54) is 22.3 Å². The van der Waals surface area contributed by atoms with Crippen molar-refractivity contribution < 1.29 is 38.6 Å². The molecule has 12 aromatic rings. The Labute approximate surface area is 543 Å². The maximum Gasteiger partial charge on any atom is 0.268 e. The van der Waals surface area contributed by atoms with Crippen LogP contribution in [0.1, 0.15) is 150 Å². The molecule has 6 heteroatoms. The average molecular weight is 1340 g/mol. The molecule has 444 valence electrons. The Morgan fingerprint density at radius 2 is 1.10 bits per heavy atom. The quantitative estimate of drug-likeness (QED) is 0.123. The summed E-state index contributed by atoms with van der Waals surface area (Å²) in [5.74, 6) is 1.67. The zero-order valence-corrected chi connectivity index (χ0v) is 54.9. The average Bonchev–Trinajstić information content (AvgIpc) is 1.46. The Balaban J connectivity index is 0.00000803. The molecule has 9 aromatic carbocycles. The molecule has 88 heavy (non-hydrogen) atoms. The Morgan fingerprint density at radius 3 is 1.77 bits per heavy atom. The summed E-state index contributed by atoms with van der Waals surface area (Å²) in [5.41, 5.74) is 18.5. The maximum atomic E-state index is 9.02. The van der Waals surface area contributed by atoms with Gasteiger partial charge in [0.25, 0.3) is 6.33 Å². The van der Waals surface area contributed by atoms with E-state index in [0.29, 0.717) is 28.3 Å². The number of hydrogen-bond acceptors (Lipinski definition) is 2. The van der Waals surface area contributed by atoms with E-state index in [-0.39, 0.29) is 64.8 Å². The number of aromatic nitrogens is 4. The van der Waals surface area contributed by atoms with E-state index in [1.54, 1.807) is 18.2 Å². The van der Waals surface area contributed by atoms with E-state index in [9.17, 15) is 0 Å². The number of imidazole rings is 1. The second-order valence-corrected chi connectivity index (χ2v) is 28.7. The van der Waals surface area contributed by atoms with Gasteiger partial charge in [-0.1, -0.05) is 205 Å². The van der Waals surface area contributed by atoms with Crippen molar-refractivity contribution >= 4 is 32.8 Å². The van der Waals surface area contributed by atoms with Gasteiger partial charge in [0.05, 0.1) is 16.7 Å². The van der Waals surface area contributed by atoms with Crippen LogP contribution in [0.4, 0.5) is 0 Å². The van der Waals surface area contributed by atoms with Gasteiger partial charge < -0.3 is 13.9 Å². The molecule has 1 aliphatic carbocycles. The van der Waals surface area contributed by atoms with Gasteiger partial charge in [-0.25, -0.2) is 4.98 Å². The van der Waals surface area contributed by atoms with Crippen molar-refractivity contribution in [1.82, 2.24) is 14.1 Å². The van der Waals surface area contributed by atoms with Crippen molar-refractivity contribution in [2.75, 3.05) is 0 Å². The summed E-state index contributed by atoms with van der Waals surface area (Å²) < 4.78 is 67.4. The fourth-order valence-electron chi connectivity index (χ4n) is 13.6. The molecule has 0 unspecified atom stereocenters. The van der Waals surface area contributed by atoms with Crippen LogP contribution in [0.5, 0.6) is 11.5 Å². The fraction of sp³-hybridized carbons (Fsp3) is 0.268. The molecule has 3 aromatic heterocycles. The molecule has 0 spiro atoms. The molecule has 0 amide bonds. The Hall–Kier alpha value is -8.11. The van der Waals surface area contributed by atoms with Gasteiger partial charge in [-0.2, -0.15) is 18.2 Å². The van der Waals surface area contributed by atoms with Gasteiger partial charge in [-0.05, 0) is 190 Å². The maximum absolute atomic E-state index is 9.02. The number of nitrogens with zero attached hydrogens (tertiary/aromatic N) is 4. The van der Waals surface area contributed by atoms with Gasteiger partial charge in [0.2, 0.25) is 0 Å². The number of rotatable bonds is 6. The second kappa shape index (κ2) is 21.0. The van der Waals surface area contributed by atoms with Crippen LogP contribution in [-0.4, -0.2) is 14.1 Å². The minimum absolute atomic E-state index is 0. The minimum Gasteiger partial charge on any atom is -0.510 e. The fourth-order valence-corrected chi connectivity index (χ4v) is 13.6. The van der Waals surface area contributed by atoms with Gasteiger partial charge in [-0.15, -0.1) is 29.7 Å². The van der Waals surface area contributed by atoms with E-state index in [2.05, 4.69) is 227 Å². The van der Waals surface area contributed by atoms with Crippen molar-refractivity contribution in [1.29, 1.82) is 0 Å². The van der Waals surface area contributed by atoms with E-state index in [4.69, 9.17) is 17.9 Å².